The highest BCUT2D eigenvalue weighted by Gasteiger charge is 2.31. The van der Waals surface area contributed by atoms with E-state index >= 15 is 0 Å². The lowest BCUT2D eigenvalue weighted by molar-refractivity contribution is 0.782. The first-order valence-corrected chi connectivity index (χ1v) is 4.59. The van der Waals surface area contributed by atoms with Gasteiger partial charge >= 0.3 is 0 Å². The largest absolute Gasteiger partial charge is 0.382 e. The van der Waals surface area contributed by atoms with Crippen LogP contribution in [0.25, 0.3) is 0 Å². The smallest absolute Gasteiger partial charge is 0.148 e. The number of hydrogen-bond acceptors (Lipinski definition) is 4. The monoisotopic (exact) mass is 178 g/mol. The fourth-order valence-corrected chi connectivity index (χ4v) is 1.36. The lowest BCUT2D eigenvalue weighted by atomic mass is 10.3. The van der Waals surface area contributed by atoms with E-state index in [-0.39, 0.29) is 0 Å². The molecule has 1 aromatic rings. The Morgan fingerprint density at radius 1 is 1.54 bits per heavy atom. The van der Waals surface area contributed by atoms with Gasteiger partial charge in [0.05, 0.1) is 0 Å². The quantitative estimate of drug-likeness (QED) is 0.728. The van der Waals surface area contributed by atoms with Gasteiger partial charge in [-0.05, 0) is 30.4 Å². The van der Waals surface area contributed by atoms with E-state index in [0.29, 0.717) is 5.82 Å². The number of nitrogen functional groups attached to an aromatic ring is 1. The predicted molar refractivity (Wildman–Crippen MR) is 52.2 cm³/mol. The molecule has 2 unspecified atom stereocenters. The highest BCUT2D eigenvalue weighted by Crippen LogP contribution is 2.37. The first-order chi connectivity index (χ1) is 6.25. The summed E-state index contributed by atoms with van der Waals surface area (Å²) < 4.78 is 0. The van der Waals surface area contributed by atoms with Crippen LogP contribution in [0.4, 0.5) is 11.6 Å². The second-order valence-electron chi connectivity index (χ2n) is 3.70. The summed E-state index contributed by atoms with van der Waals surface area (Å²) in [6.45, 7) is 3.26. The summed E-state index contributed by atoms with van der Waals surface area (Å²) in [4.78, 5) is 0. The van der Waals surface area contributed by atoms with E-state index < -0.39 is 0 Å². The molecule has 1 fully saturated rings. The Morgan fingerprint density at radius 2 is 2.31 bits per heavy atom. The normalized spacial score (nSPS) is 25.6. The van der Waals surface area contributed by atoms with Crippen LogP contribution in [0.15, 0.2) is 12.1 Å². The molecule has 0 aliphatic heterocycles. The summed E-state index contributed by atoms with van der Waals surface area (Å²) in [6.07, 6.45) is 1.33. The van der Waals surface area contributed by atoms with Crippen molar-refractivity contribution in [3.05, 3.63) is 12.1 Å². The average Bonchev–Trinajstić information content (AvgIpc) is 2.81. The van der Waals surface area contributed by atoms with Crippen molar-refractivity contribution in [1.29, 1.82) is 0 Å². The van der Waals surface area contributed by atoms with Gasteiger partial charge in [0.15, 0.2) is 0 Å². The second kappa shape index (κ2) is 3.20. The molecular weight excluding hydrogens is 164 g/mol. The first kappa shape index (κ1) is 8.29. The van der Waals surface area contributed by atoms with Crippen molar-refractivity contribution in [1.82, 2.24) is 10.2 Å². The zero-order valence-electron chi connectivity index (χ0n) is 7.70. The Hall–Kier alpha value is -1.32. The molecule has 0 radical (unpaired) electrons. The lowest BCUT2D eigenvalue weighted by Gasteiger charge is -2.02. The third-order valence-corrected chi connectivity index (χ3v) is 2.51. The van der Waals surface area contributed by atoms with Crippen LogP contribution in [0.3, 0.4) is 0 Å². The molecule has 0 amide bonds. The van der Waals surface area contributed by atoms with Crippen molar-refractivity contribution in [2.45, 2.75) is 13.3 Å². The molecule has 1 aliphatic carbocycles. The number of nitrogens with two attached hydrogens (primary N) is 1. The van der Waals surface area contributed by atoms with Crippen LogP contribution < -0.4 is 11.1 Å². The molecule has 2 atom stereocenters. The molecule has 1 aromatic heterocycles. The maximum absolute atomic E-state index is 5.42. The molecule has 4 nitrogen and oxygen atoms in total. The molecular formula is C9H14N4. The summed E-state index contributed by atoms with van der Waals surface area (Å²) in [5, 5.41) is 10.9. The topological polar surface area (TPSA) is 63.8 Å². The van der Waals surface area contributed by atoms with Crippen molar-refractivity contribution in [3.8, 4) is 0 Å². The van der Waals surface area contributed by atoms with Crippen molar-refractivity contribution in [3.63, 3.8) is 0 Å². The fourth-order valence-electron chi connectivity index (χ4n) is 1.36. The summed E-state index contributed by atoms with van der Waals surface area (Å²) in [7, 11) is 0. The van der Waals surface area contributed by atoms with Gasteiger partial charge in [-0.2, -0.15) is 0 Å². The molecule has 2 rings (SSSR count). The van der Waals surface area contributed by atoms with Gasteiger partial charge in [0.1, 0.15) is 11.6 Å². The fraction of sp³-hybridized carbons (Fsp3) is 0.556. The van der Waals surface area contributed by atoms with Crippen LogP contribution >= 0.6 is 0 Å². The minimum Gasteiger partial charge on any atom is -0.382 e. The third-order valence-electron chi connectivity index (χ3n) is 2.51. The van der Waals surface area contributed by atoms with E-state index in [1.807, 2.05) is 6.07 Å². The van der Waals surface area contributed by atoms with Crippen molar-refractivity contribution in [2.75, 3.05) is 17.6 Å². The van der Waals surface area contributed by atoms with Crippen molar-refractivity contribution >= 4 is 11.6 Å². The first-order valence-electron chi connectivity index (χ1n) is 4.59. The molecule has 0 saturated heterocycles. The van der Waals surface area contributed by atoms with Gasteiger partial charge in [-0.25, -0.2) is 0 Å². The Bertz CT molecular complexity index is 282. The number of rotatable bonds is 3. The van der Waals surface area contributed by atoms with E-state index in [9.17, 15) is 0 Å². The molecule has 0 aromatic carbocycles. The van der Waals surface area contributed by atoms with Gasteiger partial charge in [0.25, 0.3) is 0 Å². The second-order valence-corrected chi connectivity index (χ2v) is 3.70. The Kier molecular flexibility index (Phi) is 2.04. The molecule has 0 spiro atoms. The average molecular weight is 178 g/mol. The van der Waals surface area contributed by atoms with Crippen LogP contribution in [-0.4, -0.2) is 16.7 Å². The van der Waals surface area contributed by atoms with Crippen molar-refractivity contribution < 1.29 is 0 Å². The maximum Gasteiger partial charge on any atom is 0.148 e. The summed E-state index contributed by atoms with van der Waals surface area (Å²) >= 11 is 0. The Balaban J connectivity index is 1.84. The molecule has 70 valence electrons. The van der Waals surface area contributed by atoms with Gasteiger partial charge in [-0.15, -0.1) is 10.2 Å². The van der Waals surface area contributed by atoms with Gasteiger partial charge < -0.3 is 11.1 Å². The van der Waals surface area contributed by atoms with Crippen LogP contribution in [-0.2, 0) is 0 Å². The van der Waals surface area contributed by atoms with Gasteiger partial charge in [0.2, 0.25) is 0 Å². The van der Waals surface area contributed by atoms with E-state index in [2.05, 4.69) is 22.4 Å². The molecule has 3 N–H and O–H groups in total. The summed E-state index contributed by atoms with van der Waals surface area (Å²) in [6, 6.07) is 3.61. The Labute approximate surface area is 77.5 Å². The Morgan fingerprint density at radius 3 is 2.85 bits per heavy atom. The van der Waals surface area contributed by atoms with E-state index in [4.69, 9.17) is 5.73 Å². The third kappa shape index (κ3) is 2.08. The van der Waals surface area contributed by atoms with E-state index in [1.165, 1.54) is 6.42 Å². The zero-order chi connectivity index (χ0) is 9.26. The molecule has 0 bridgehead atoms. The summed E-state index contributed by atoms with van der Waals surface area (Å²) in [5.41, 5.74) is 5.42. The zero-order valence-corrected chi connectivity index (χ0v) is 7.70. The van der Waals surface area contributed by atoms with Gasteiger partial charge in [-0.3, -0.25) is 0 Å². The minimum absolute atomic E-state index is 0.463. The van der Waals surface area contributed by atoms with Crippen LogP contribution in [0, 0.1) is 11.8 Å². The van der Waals surface area contributed by atoms with Gasteiger partial charge in [0, 0.05) is 6.54 Å². The summed E-state index contributed by atoms with van der Waals surface area (Å²) in [5.74, 6) is 2.97. The van der Waals surface area contributed by atoms with Crippen LogP contribution in [0.2, 0.25) is 0 Å². The standard InChI is InChI=1S/C9H14N4/c1-6-4-7(6)5-11-9-3-2-8(10)12-13-9/h2-3,6-7H,4-5H2,1H3,(H2,10,12)(H,11,13). The number of nitrogens with zero attached hydrogens (tertiary/aromatic N) is 2. The lowest BCUT2D eigenvalue weighted by Crippen LogP contribution is -2.07. The number of aromatic nitrogens is 2. The molecule has 1 saturated carbocycles. The van der Waals surface area contributed by atoms with Crippen LogP contribution in [0.1, 0.15) is 13.3 Å². The maximum atomic E-state index is 5.42. The SMILES string of the molecule is CC1CC1CNc1ccc(N)nn1. The van der Waals surface area contributed by atoms with E-state index in [1.54, 1.807) is 6.07 Å². The van der Waals surface area contributed by atoms with Crippen molar-refractivity contribution in [2.24, 2.45) is 11.8 Å². The molecule has 1 heterocycles. The number of anilines is 2. The molecule has 4 heteroatoms. The van der Waals surface area contributed by atoms with E-state index in [0.717, 1.165) is 24.2 Å². The van der Waals surface area contributed by atoms with Gasteiger partial charge in [-0.1, -0.05) is 6.92 Å². The number of hydrogen-bond donors (Lipinski definition) is 2. The minimum atomic E-state index is 0.463. The predicted octanol–water partition coefficient (Wildman–Crippen LogP) is 1.13. The highest BCUT2D eigenvalue weighted by atomic mass is 15.2. The number of nitrogens with one attached hydrogen (secondary N) is 1. The van der Waals surface area contributed by atoms with Crippen LogP contribution in [0.5, 0.6) is 0 Å². The highest BCUT2D eigenvalue weighted by molar-refractivity contribution is 5.38. The molecule has 13 heavy (non-hydrogen) atoms. The molecule has 1 aliphatic rings.